The van der Waals surface area contributed by atoms with Crippen LogP contribution in [0.2, 0.25) is 0 Å². The van der Waals surface area contributed by atoms with Crippen LogP contribution in [0.3, 0.4) is 0 Å². The van der Waals surface area contributed by atoms with Crippen LogP contribution < -0.4 is 10.9 Å². The smallest absolute Gasteiger partial charge is 0.338 e. The number of carbonyl (C=O) groups excluding carboxylic acids is 2. The van der Waals surface area contributed by atoms with Crippen LogP contribution in [-0.2, 0) is 16.1 Å². The molecular weight excluding hydrogens is 422 g/mol. The standard InChI is InChI=1S/C25H21N3O5/c1-16-8-10-19(13-21(16)27-23(29)11-9-18-6-4-3-5-7-18)25(31)32-15-20-14-24(30)28-22(26-20)12-17(2)33-28/h3-14H,15H2,1-2H3,(H,27,29). The van der Waals surface area contributed by atoms with E-state index in [0.29, 0.717) is 22.8 Å². The molecule has 0 saturated heterocycles. The van der Waals surface area contributed by atoms with Crippen LogP contribution in [0.4, 0.5) is 5.69 Å². The molecule has 1 amide bonds. The molecule has 4 aromatic rings. The number of nitrogens with one attached hydrogen (secondary N) is 1. The SMILES string of the molecule is Cc1cc2nc(COC(=O)c3ccc(C)c(NC(=O)C=Cc4ccccc4)c3)cc(=O)n2o1. The van der Waals surface area contributed by atoms with E-state index in [0.717, 1.165) is 15.7 Å². The van der Waals surface area contributed by atoms with Crippen molar-refractivity contribution in [2.75, 3.05) is 5.32 Å². The molecule has 2 heterocycles. The largest absolute Gasteiger partial charge is 0.456 e. The molecule has 166 valence electrons. The molecule has 8 nitrogen and oxygen atoms in total. The first-order valence-electron chi connectivity index (χ1n) is 10.2. The van der Waals surface area contributed by atoms with Crippen molar-refractivity contribution < 1.29 is 18.8 Å². The summed E-state index contributed by atoms with van der Waals surface area (Å²) in [7, 11) is 0. The minimum Gasteiger partial charge on any atom is -0.456 e. The third kappa shape index (κ3) is 5.24. The van der Waals surface area contributed by atoms with Crippen molar-refractivity contribution >= 4 is 29.3 Å². The lowest BCUT2D eigenvalue weighted by Gasteiger charge is -2.10. The number of carbonyl (C=O) groups is 2. The number of amides is 1. The van der Waals surface area contributed by atoms with Crippen LogP contribution in [0.15, 0.2) is 76.1 Å². The summed E-state index contributed by atoms with van der Waals surface area (Å²) in [5.74, 6) is -0.377. The fourth-order valence-electron chi connectivity index (χ4n) is 3.16. The third-order valence-corrected chi connectivity index (χ3v) is 4.83. The van der Waals surface area contributed by atoms with Crippen molar-refractivity contribution in [1.82, 2.24) is 9.56 Å². The highest BCUT2D eigenvalue weighted by Crippen LogP contribution is 2.18. The molecule has 2 aromatic carbocycles. The normalized spacial score (nSPS) is 11.1. The Bertz CT molecular complexity index is 1420. The molecular formula is C25H21N3O5. The number of hydrogen-bond acceptors (Lipinski definition) is 6. The average Bonchev–Trinajstić information content (AvgIpc) is 3.19. The number of benzene rings is 2. The number of ether oxygens (including phenoxy) is 1. The zero-order valence-corrected chi connectivity index (χ0v) is 18.1. The summed E-state index contributed by atoms with van der Waals surface area (Å²) >= 11 is 0. The van der Waals surface area contributed by atoms with Crippen LogP contribution in [0, 0.1) is 13.8 Å². The van der Waals surface area contributed by atoms with Crippen LogP contribution >= 0.6 is 0 Å². The molecule has 0 unspecified atom stereocenters. The highest BCUT2D eigenvalue weighted by atomic mass is 16.5. The van der Waals surface area contributed by atoms with Crippen molar-refractivity contribution in [1.29, 1.82) is 0 Å². The van der Waals surface area contributed by atoms with Crippen molar-refractivity contribution in [2.45, 2.75) is 20.5 Å². The summed E-state index contributed by atoms with van der Waals surface area (Å²) in [6.07, 6.45) is 3.13. The molecule has 1 N–H and O–H groups in total. The molecule has 0 saturated carbocycles. The van der Waals surface area contributed by atoms with Gasteiger partial charge in [0.25, 0.3) is 5.56 Å². The zero-order valence-electron chi connectivity index (χ0n) is 18.1. The van der Waals surface area contributed by atoms with Gasteiger partial charge >= 0.3 is 5.97 Å². The minimum atomic E-state index is -0.601. The minimum absolute atomic E-state index is 0.176. The Balaban J connectivity index is 1.43. The molecule has 2 aromatic heterocycles. The van der Waals surface area contributed by atoms with E-state index in [1.165, 1.54) is 12.1 Å². The number of esters is 1. The first-order chi connectivity index (χ1) is 15.9. The van der Waals surface area contributed by atoms with Gasteiger partial charge in [-0.15, -0.1) is 4.57 Å². The van der Waals surface area contributed by atoms with E-state index in [9.17, 15) is 14.4 Å². The molecule has 33 heavy (non-hydrogen) atoms. The summed E-state index contributed by atoms with van der Waals surface area (Å²) < 4.78 is 11.6. The number of anilines is 1. The maximum absolute atomic E-state index is 12.6. The Hall–Kier alpha value is -4.46. The van der Waals surface area contributed by atoms with E-state index in [-0.39, 0.29) is 18.1 Å². The van der Waals surface area contributed by atoms with Crippen LogP contribution in [0.1, 0.15) is 32.9 Å². The Morgan fingerprint density at radius 3 is 2.67 bits per heavy atom. The highest BCUT2D eigenvalue weighted by molar-refractivity contribution is 6.03. The maximum Gasteiger partial charge on any atom is 0.338 e. The maximum atomic E-state index is 12.6. The second-order valence-corrected chi connectivity index (χ2v) is 7.42. The van der Waals surface area contributed by atoms with E-state index >= 15 is 0 Å². The molecule has 0 aliphatic heterocycles. The first kappa shape index (κ1) is 21.8. The number of nitrogens with zero attached hydrogens (tertiary/aromatic N) is 2. The molecule has 0 atom stereocenters. The van der Waals surface area contributed by atoms with Gasteiger partial charge in [-0.2, -0.15) is 0 Å². The second kappa shape index (κ2) is 9.35. The van der Waals surface area contributed by atoms with Crippen LogP contribution in [-0.4, -0.2) is 21.4 Å². The van der Waals surface area contributed by atoms with E-state index < -0.39 is 11.5 Å². The summed E-state index contributed by atoms with van der Waals surface area (Å²) in [4.78, 5) is 41.2. The molecule has 0 aliphatic rings. The lowest BCUT2D eigenvalue weighted by Crippen LogP contribution is -2.15. The fourth-order valence-corrected chi connectivity index (χ4v) is 3.16. The summed E-state index contributed by atoms with van der Waals surface area (Å²) in [6.45, 7) is 3.36. The Kier molecular flexibility index (Phi) is 6.17. The monoisotopic (exact) mass is 443 g/mol. The van der Waals surface area contributed by atoms with Gasteiger partial charge in [0, 0.05) is 23.9 Å². The third-order valence-electron chi connectivity index (χ3n) is 4.83. The van der Waals surface area contributed by atoms with Crippen molar-refractivity contribution in [2.24, 2.45) is 0 Å². The zero-order chi connectivity index (χ0) is 23.4. The topological polar surface area (TPSA) is 103 Å². The lowest BCUT2D eigenvalue weighted by atomic mass is 10.1. The number of aryl methyl sites for hydroxylation is 2. The molecule has 0 bridgehead atoms. The second-order valence-electron chi connectivity index (χ2n) is 7.42. The molecule has 0 fully saturated rings. The van der Waals surface area contributed by atoms with Crippen molar-refractivity contribution in [3.8, 4) is 0 Å². The van der Waals surface area contributed by atoms with Crippen molar-refractivity contribution in [3.05, 3.63) is 105 Å². The van der Waals surface area contributed by atoms with E-state index in [1.54, 1.807) is 37.3 Å². The first-order valence-corrected chi connectivity index (χ1v) is 10.2. The number of aromatic nitrogens is 2. The fraction of sp³-hybridized carbons (Fsp3) is 0.120. The summed E-state index contributed by atoms with van der Waals surface area (Å²) in [5, 5.41) is 2.78. The number of hydrogen-bond donors (Lipinski definition) is 1. The van der Waals surface area contributed by atoms with Gasteiger partial charge in [0.05, 0.1) is 11.3 Å². The number of rotatable bonds is 6. The van der Waals surface area contributed by atoms with Crippen LogP contribution in [0.25, 0.3) is 11.7 Å². The predicted octanol–water partition coefficient (Wildman–Crippen LogP) is 3.91. The Morgan fingerprint density at radius 1 is 1.09 bits per heavy atom. The van der Waals surface area contributed by atoms with Gasteiger partial charge in [0.2, 0.25) is 5.91 Å². The summed E-state index contributed by atoms with van der Waals surface area (Å²) in [5.41, 5.74) is 2.71. The Labute approximate surface area is 189 Å². The molecule has 4 rings (SSSR count). The quantitative estimate of drug-likeness (QED) is 0.358. The van der Waals surface area contributed by atoms with Gasteiger partial charge in [-0.25, -0.2) is 9.78 Å². The molecule has 0 spiro atoms. The van der Waals surface area contributed by atoms with Gasteiger partial charge in [-0.05, 0) is 43.2 Å². The van der Waals surface area contributed by atoms with Gasteiger partial charge < -0.3 is 14.6 Å². The van der Waals surface area contributed by atoms with Crippen molar-refractivity contribution in [3.63, 3.8) is 0 Å². The Morgan fingerprint density at radius 2 is 1.88 bits per heavy atom. The predicted molar refractivity (Wildman–Crippen MR) is 123 cm³/mol. The van der Waals surface area contributed by atoms with E-state index in [1.807, 2.05) is 37.3 Å². The average molecular weight is 443 g/mol. The van der Waals surface area contributed by atoms with Crippen LogP contribution in [0.5, 0.6) is 0 Å². The van der Waals surface area contributed by atoms with Gasteiger partial charge in [-0.1, -0.05) is 36.4 Å². The molecule has 8 heteroatoms. The molecule has 0 aliphatic carbocycles. The molecule has 0 radical (unpaired) electrons. The lowest BCUT2D eigenvalue weighted by molar-refractivity contribution is -0.111. The van der Waals surface area contributed by atoms with E-state index in [2.05, 4.69) is 10.3 Å². The van der Waals surface area contributed by atoms with Gasteiger partial charge in [0.15, 0.2) is 5.65 Å². The number of fused-ring (bicyclic) bond motifs is 1. The summed E-state index contributed by atoms with van der Waals surface area (Å²) in [6, 6.07) is 17.2. The van der Waals surface area contributed by atoms with Gasteiger partial charge in [-0.3, -0.25) is 9.59 Å². The highest BCUT2D eigenvalue weighted by Gasteiger charge is 2.13. The van der Waals surface area contributed by atoms with Gasteiger partial charge in [0.1, 0.15) is 12.4 Å². The van der Waals surface area contributed by atoms with E-state index in [4.69, 9.17) is 9.26 Å².